The molecule has 0 aromatic carbocycles. The largest absolute Gasteiger partial charge is 0.367 e. The van der Waals surface area contributed by atoms with Crippen LogP contribution in [-0.4, -0.2) is 16.0 Å². The Morgan fingerprint density at radius 3 is 2.88 bits per heavy atom. The molecule has 1 aromatic rings. The number of aromatic nitrogens is 2. The normalized spacial score (nSPS) is 26.1. The van der Waals surface area contributed by atoms with Gasteiger partial charge in [0, 0.05) is 12.1 Å². The summed E-state index contributed by atoms with van der Waals surface area (Å²) in [5, 5.41) is 3.32. The van der Waals surface area contributed by atoms with Crippen molar-refractivity contribution in [2.75, 3.05) is 5.32 Å². The molecule has 1 fully saturated rings. The molecule has 0 spiro atoms. The molecule has 2 rings (SSSR count). The number of halogens is 1. The van der Waals surface area contributed by atoms with Crippen molar-refractivity contribution in [1.82, 2.24) is 9.97 Å². The van der Waals surface area contributed by atoms with Crippen LogP contribution in [0.5, 0.6) is 0 Å². The lowest BCUT2D eigenvalue weighted by molar-refractivity contribution is 0.455. The number of hydrogen-bond acceptors (Lipinski definition) is 3. The van der Waals surface area contributed by atoms with Crippen molar-refractivity contribution in [3.8, 4) is 0 Å². The molecule has 2 unspecified atom stereocenters. The maximum atomic E-state index is 12.9. The van der Waals surface area contributed by atoms with E-state index in [9.17, 15) is 4.39 Å². The third kappa shape index (κ3) is 2.90. The fourth-order valence-corrected chi connectivity index (χ4v) is 2.31. The van der Waals surface area contributed by atoms with Gasteiger partial charge >= 0.3 is 0 Å². The van der Waals surface area contributed by atoms with E-state index in [0.717, 1.165) is 6.42 Å². The number of hydrogen-bond donors (Lipinski definition) is 1. The van der Waals surface area contributed by atoms with Crippen molar-refractivity contribution < 1.29 is 4.39 Å². The average molecular weight is 223 g/mol. The summed E-state index contributed by atoms with van der Waals surface area (Å²) in [6.07, 6.45) is 7.50. The van der Waals surface area contributed by atoms with Gasteiger partial charge in [-0.15, -0.1) is 0 Å². The lowest BCUT2D eigenvalue weighted by Crippen LogP contribution is -2.26. The molecule has 1 N–H and O–H groups in total. The van der Waals surface area contributed by atoms with E-state index < -0.39 is 5.95 Å². The van der Waals surface area contributed by atoms with Crippen LogP contribution in [0.25, 0.3) is 0 Å². The molecule has 1 aliphatic rings. The Labute approximate surface area is 95.5 Å². The van der Waals surface area contributed by atoms with E-state index in [2.05, 4.69) is 22.2 Å². The Hall–Kier alpha value is -1.19. The third-order valence-corrected chi connectivity index (χ3v) is 3.33. The second-order valence-corrected chi connectivity index (χ2v) is 4.59. The van der Waals surface area contributed by atoms with Crippen molar-refractivity contribution in [2.24, 2.45) is 5.92 Å². The molecule has 1 aliphatic carbocycles. The molecule has 0 bridgehead atoms. The first-order valence-electron chi connectivity index (χ1n) is 6.00. The number of anilines is 1. The summed E-state index contributed by atoms with van der Waals surface area (Å²) in [4.78, 5) is 7.49. The molecule has 1 heterocycles. The van der Waals surface area contributed by atoms with Crippen LogP contribution in [0.4, 0.5) is 10.2 Å². The highest BCUT2D eigenvalue weighted by Crippen LogP contribution is 2.25. The highest BCUT2D eigenvalue weighted by Gasteiger charge is 2.19. The van der Waals surface area contributed by atoms with E-state index in [-0.39, 0.29) is 0 Å². The van der Waals surface area contributed by atoms with Gasteiger partial charge in [0.25, 0.3) is 0 Å². The Morgan fingerprint density at radius 2 is 2.06 bits per heavy atom. The van der Waals surface area contributed by atoms with Gasteiger partial charge < -0.3 is 5.32 Å². The fraction of sp³-hybridized carbons (Fsp3) is 0.667. The van der Waals surface area contributed by atoms with Gasteiger partial charge in [-0.2, -0.15) is 4.39 Å². The standard InChI is InChI=1S/C12H18FN3/c1-9-5-3-2-4-6-10(9)16-12-7-11(13)14-8-15-12/h7-10H,2-6H2,1H3,(H,14,15,16). The zero-order chi connectivity index (χ0) is 11.4. The van der Waals surface area contributed by atoms with Crippen LogP contribution in [0.2, 0.25) is 0 Å². The smallest absolute Gasteiger partial charge is 0.217 e. The minimum Gasteiger partial charge on any atom is -0.367 e. The van der Waals surface area contributed by atoms with E-state index >= 15 is 0 Å². The molecule has 88 valence electrons. The number of rotatable bonds is 2. The molecule has 4 heteroatoms. The van der Waals surface area contributed by atoms with Gasteiger partial charge in [0.1, 0.15) is 12.1 Å². The monoisotopic (exact) mass is 223 g/mol. The maximum absolute atomic E-state index is 12.9. The predicted octanol–water partition coefficient (Wildman–Crippen LogP) is 3.00. The van der Waals surface area contributed by atoms with Crippen LogP contribution in [0, 0.1) is 11.9 Å². The highest BCUT2D eigenvalue weighted by atomic mass is 19.1. The second kappa shape index (κ2) is 5.23. The lowest BCUT2D eigenvalue weighted by Gasteiger charge is -2.23. The maximum Gasteiger partial charge on any atom is 0.217 e. The summed E-state index contributed by atoms with van der Waals surface area (Å²) in [7, 11) is 0. The highest BCUT2D eigenvalue weighted by molar-refractivity contribution is 5.33. The van der Waals surface area contributed by atoms with E-state index in [1.807, 2.05) is 0 Å². The van der Waals surface area contributed by atoms with E-state index in [0.29, 0.717) is 17.8 Å². The predicted molar refractivity (Wildman–Crippen MR) is 61.6 cm³/mol. The molecular weight excluding hydrogens is 205 g/mol. The molecule has 16 heavy (non-hydrogen) atoms. The average Bonchev–Trinajstić information content (AvgIpc) is 2.45. The van der Waals surface area contributed by atoms with Crippen molar-refractivity contribution >= 4 is 5.82 Å². The Kier molecular flexibility index (Phi) is 3.70. The Morgan fingerprint density at radius 1 is 1.25 bits per heavy atom. The van der Waals surface area contributed by atoms with Crippen molar-refractivity contribution in [1.29, 1.82) is 0 Å². The molecule has 0 radical (unpaired) electrons. The fourth-order valence-electron chi connectivity index (χ4n) is 2.31. The van der Waals surface area contributed by atoms with Crippen LogP contribution in [0.15, 0.2) is 12.4 Å². The van der Waals surface area contributed by atoms with Gasteiger partial charge in [0.05, 0.1) is 0 Å². The van der Waals surface area contributed by atoms with Crippen molar-refractivity contribution in [3.05, 3.63) is 18.3 Å². The molecule has 3 nitrogen and oxygen atoms in total. The number of nitrogens with zero attached hydrogens (tertiary/aromatic N) is 2. The van der Waals surface area contributed by atoms with E-state index in [1.54, 1.807) is 0 Å². The van der Waals surface area contributed by atoms with Gasteiger partial charge in [-0.3, -0.25) is 0 Å². The summed E-state index contributed by atoms with van der Waals surface area (Å²) in [5.41, 5.74) is 0. The zero-order valence-electron chi connectivity index (χ0n) is 9.62. The lowest BCUT2D eigenvalue weighted by atomic mass is 9.97. The van der Waals surface area contributed by atoms with Crippen LogP contribution < -0.4 is 5.32 Å². The summed E-state index contributed by atoms with van der Waals surface area (Å²) in [6.45, 7) is 2.25. The molecule has 0 amide bonds. The Balaban J connectivity index is 2.02. The third-order valence-electron chi connectivity index (χ3n) is 3.33. The van der Waals surface area contributed by atoms with Crippen LogP contribution >= 0.6 is 0 Å². The molecule has 1 aromatic heterocycles. The van der Waals surface area contributed by atoms with E-state index in [1.165, 1.54) is 38.1 Å². The van der Waals surface area contributed by atoms with Crippen LogP contribution in [-0.2, 0) is 0 Å². The first-order chi connectivity index (χ1) is 7.75. The minimum atomic E-state index is -0.473. The van der Waals surface area contributed by atoms with Gasteiger partial charge in [0.2, 0.25) is 5.95 Å². The summed E-state index contributed by atoms with van der Waals surface area (Å²) in [6, 6.07) is 1.77. The molecule has 2 atom stereocenters. The van der Waals surface area contributed by atoms with Gasteiger partial charge in [0.15, 0.2) is 0 Å². The minimum absolute atomic E-state index is 0.414. The molecule has 0 saturated heterocycles. The zero-order valence-corrected chi connectivity index (χ0v) is 9.62. The molecule has 1 saturated carbocycles. The summed E-state index contributed by atoms with van der Waals surface area (Å²) >= 11 is 0. The number of nitrogens with one attached hydrogen (secondary N) is 1. The SMILES string of the molecule is CC1CCCCCC1Nc1cc(F)ncn1. The van der Waals surface area contributed by atoms with Gasteiger partial charge in [-0.05, 0) is 18.8 Å². The molecular formula is C12H18FN3. The first-order valence-corrected chi connectivity index (χ1v) is 6.00. The summed E-state index contributed by atoms with van der Waals surface area (Å²) in [5.74, 6) is 0.755. The Bertz CT molecular complexity index is 343. The topological polar surface area (TPSA) is 37.8 Å². The quantitative estimate of drug-likeness (QED) is 0.618. The van der Waals surface area contributed by atoms with Crippen LogP contribution in [0.1, 0.15) is 39.0 Å². The van der Waals surface area contributed by atoms with Crippen LogP contribution in [0.3, 0.4) is 0 Å². The van der Waals surface area contributed by atoms with Crippen molar-refractivity contribution in [2.45, 2.75) is 45.1 Å². The van der Waals surface area contributed by atoms with Crippen molar-refractivity contribution in [3.63, 3.8) is 0 Å². The van der Waals surface area contributed by atoms with Gasteiger partial charge in [-0.25, -0.2) is 9.97 Å². The first kappa shape index (κ1) is 11.3. The van der Waals surface area contributed by atoms with E-state index in [4.69, 9.17) is 0 Å². The summed E-state index contributed by atoms with van der Waals surface area (Å²) < 4.78 is 12.9. The van der Waals surface area contributed by atoms with Gasteiger partial charge in [-0.1, -0.05) is 26.2 Å². The molecule has 0 aliphatic heterocycles. The second-order valence-electron chi connectivity index (χ2n) is 4.59.